The standard InChI is InChI=1S/C32H29N5O7/c1-4-42-32(39)28-25-17-23(13-14-27(25)44-30(28)20-9-11-22(40-2)12-10-20)43-19-21-18-36(35-33-21)15-16-37-26-8-6-5-7-24(26)29(31(37)38)34-41-3/h5-14,17-18H,4,15-16,19H2,1-3H3/b34-29-. The van der Waals surface area contributed by atoms with Crippen LogP contribution in [0, 0.1) is 0 Å². The second kappa shape index (κ2) is 12.3. The van der Waals surface area contributed by atoms with Crippen molar-refractivity contribution in [3.05, 3.63) is 89.7 Å². The van der Waals surface area contributed by atoms with Gasteiger partial charge in [-0.2, -0.15) is 0 Å². The first kappa shape index (κ1) is 28.5. The van der Waals surface area contributed by atoms with E-state index in [1.54, 1.807) is 60.1 Å². The van der Waals surface area contributed by atoms with Crippen molar-refractivity contribution in [1.82, 2.24) is 15.0 Å². The molecule has 3 aromatic carbocycles. The van der Waals surface area contributed by atoms with E-state index in [9.17, 15) is 9.59 Å². The molecule has 0 bridgehead atoms. The van der Waals surface area contributed by atoms with Gasteiger partial charge < -0.3 is 28.4 Å². The highest BCUT2D eigenvalue weighted by Crippen LogP contribution is 2.37. The van der Waals surface area contributed by atoms with Gasteiger partial charge in [0.05, 0.1) is 32.1 Å². The predicted octanol–water partition coefficient (Wildman–Crippen LogP) is 4.85. The van der Waals surface area contributed by atoms with Crippen molar-refractivity contribution in [2.24, 2.45) is 5.16 Å². The summed E-state index contributed by atoms with van der Waals surface area (Å²) in [6, 6.07) is 19.9. The van der Waals surface area contributed by atoms with Gasteiger partial charge >= 0.3 is 5.97 Å². The van der Waals surface area contributed by atoms with Crippen LogP contribution in [-0.2, 0) is 27.5 Å². The van der Waals surface area contributed by atoms with Crippen LogP contribution >= 0.6 is 0 Å². The molecule has 1 aliphatic rings. The molecule has 1 amide bonds. The highest BCUT2D eigenvalue weighted by Gasteiger charge is 2.34. The van der Waals surface area contributed by atoms with Crippen LogP contribution in [0.4, 0.5) is 5.69 Å². The minimum absolute atomic E-state index is 0.138. The topological polar surface area (TPSA) is 131 Å². The fourth-order valence-electron chi connectivity index (χ4n) is 5.06. The summed E-state index contributed by atoms with van der Waals surface area (Å²) in [6.07, 6.45) is 1.76. The number of hydrogen-bond donors (Lipinski definition) is 0. The van der Waals surface area contributed by atoms with Crippen LogP contribution in [0.25, 0.3) is 22.3 Å². The Balaban J connectivity index is 1.16. The fraction of sp³-hybridized carbons (Fsp3) is 0.219. The van der Waals surface area contributed by atoms with Crippen LogP contribution in [0.3, 0.4) is 0 Å². The molecule has 2 aromatic heterocycles. The lowest BCUT2D eigenvalue weighted by molar-refractivity contribution is -0.112. The maximum absolute atomic E-state index is 13.0. The number of hydrogen-bond acceptors (Lipinski definition) is 10. The average Bonchev–Trinajstić information content (AvgIpc) is 3.74. The number of para-hydroxylation sites is 1. The van der Waals surface area contributed by atoms with E-state index < -0.39 is 5.97 Å². The molecule has 6 rings (SSSR count). The normalized spacial score (nSPS) is 13.4. The van der Waals surface area contributed by atoms with E-state index in [2.05, 4.69) is 15.5 Å². The van der Waals surface area contributed by atoms with E-state index in [1.165, 1.54) is 7.11 Å². The number of rotatable bonds is 11. The van der Waals surface area contributed by atoms with E-state index in [1.807, 2.05) is 36.4 Å². The lowest BCUT2D eigenvalue weighted by Gasteiger charge is -2.16. The van der Waals surface area contributed by atoms with Crippen molar-refractivity contribution in [1.29, 1.82) is 0 Å². The summed E-state index contributed by atoms with van der Waals surface area (Å²) in [5, 5.41) is 12.9. The third-order valence-corrected chi connectivity index (χ3v) is 7.10. The Morgan fingerprint density at radius 3 is 2.57 bits per heavy atom. The summed E-state index contributed by atoms with van der Waals surface area (Å²) in [5.74, 6) is 0.890. The van der Waals surface area contributed by atoms with Gasteiger partial charge in [0.25, 0.3) is 5.91 Å². The summed E-state index contributed by atoms with van der Waals surface area (Å²) in [6.45, 7) is 2.89. The van der Waals surface area contributed by atoms with Crippen LogP contribution in [0.5, 0.6) is 11.5 Å². The van der Waals surface area contributed by atoms with E-state index in [0.29, 0.717) is 58.1 Å². The van der Waals surface area contributed by atoms with E-state index in [0.717, 1.165) is 11.3 Å². The van der Waals surface area contributed by atoms with Crippen molar-refractivity contribution < 1.29 is 33.1 Å². The number of aromatic nitrogens is 3. The molecule has 0 fully saturated rings. The van der Waals surface area contributed by atoms with Crippen LogP contribution in [0.1, 0.15) is 28.5 Å². The number of esters is 1. The molecule has 0 atom stereocenters. The smallest absolute Gasteiger partial charge is 0.342 e. The molecule has 0 N–H and O–H groups in total. The van der Waals surface area contributed by atoms with Crippen LogP contribution in [0.15, 0.2) is 82.5 Å². The zero-order chi connectivity index (χ0) is 30.6. The predicted molar refractivity (Wildman–Crippen MR) is 161 cm³/mol. The van der Waals surface area contributed by atoms with Gasteiger partial charge in [-0.3, -0.25) is 9.48 Å². The van der Waals surface area contributed by atoms with Gasteiger partial charge in [0, 0.05) is 23.1 Å². The zero-order valence-corrected chi connectivity index (χ0v) is 24.4. The first-order valence-corrected chi connectivity index (χ1v) is 13.9. The zero-order valence-electron chi connectivity index (χ0n) is 24.4. The van der Waals surface area contributed by atoms with Crippen LogP contribution < -0.4 is 14.4 Å². The lowest BCUT2D eigenvalue weighted by atomic mass is 10.1. The Bertz CT molecular complexity index is 1860. The van der Waals surface area contributed by atoms with Gasteiger partial charge in [-0.15, -0.1) is 5.10 Å². The number of oxime groups is 1. The number of benzene rings is 3. The molecule has 0 radical (unpaired) electrons. The van der Waals surface area contributed by atoms with Crippen LogP contribution in [-0.4, -0.2) is 60.0 Å². The second-order valence-electron chi connectivity index (χ2n) is 9.77. The SMILES string of the molecule is CCOC(=O)c1c(-c2ccc(OC)cc2)oc2ccc(OCc3cn(CCN4C(=O)/C(=N\OC)c5ccccc54)nn3)cc12. The second-order valence-corrected chi connectivity index (χ2v) is 9.77. The van der Waals surface area contributed by atoms with E-state index in [4.69, 9.17) is 23.5 Å². The Morgan fingerprint density at radius 2 is 1.80 bits per heavy atom. The highest BCUT2D eigenvalue weighted by atomic mass is 16.6. The van der Waals surface area contributed by atoms with Crippen molar-refractivity contribution in [2.75, 3.05) is 32.3 Å². The molecule has 3 heterocycles. The summed E-state index contributed by atoms with van der Waals surface area (Å²) >= 11 is 0. The Kier molecular flexibility index (Phi) is 7.96. The number of ether oxygens (including phenoxy) is 3. The number of carbonyl (C=O) groups excluding carboxylic acids is 2. The average molecular weight is 596 g/mol. The molecule has 224 valence electrons. The molecule has 5 aromatic rings. The summed E-state index contributed by atoms with van der Waals surface area (Å²) in [5.41, 5.74) is 3.91. The quantitative estimate of drug-likeness (QED) is 0.155. The van der Waals surface area contributed by atoms with Crippen molar-refractivity contribution in [2.45, 2.75) is 20.1 Å². The molecule has 0 unspecified atom stereocenters. The molecule has 44 heavy (non-hydrogen) atoms. The first-order chi connectivity index (χ1) is 21.5. The van der Waals surface area contributed by atoms with Gasteiger partial charge in [0.1, 0.15) is 47.8 Å². The summed E-state index contributed by atoms with van der Waals surface area (Å²) in [7, 11) is 3.00. The largest absolute Gasteiger partial charge is 0.497 e. The van der Waals surface area contributed by atoms with Gasteiger partial charge in [0.2, 0.25) is 0 Å². The number of furan rings is 1. The van der Waals surface area contributed by atoms with Crippen LogP contribution in [0.2, 0.25) is 0 Å². The number of anilines is 1. The van der Waals surface area contributed by atoms with E-state index in [-0.39, 0.29) is 24.8 Å². The van der Waals surface area contributed by atoms with Crippen molar-refractivity contribution in [3.63, 3.8) is 0 Å². The maximum atomic E-state index is 13.0. The highest BCUT2D eigenvalue weighted by molar-refractivity contribution is 6.54. The Labute approximate surface area is 252 Å². The summed E-state index contributed by atoms with van der Waals surface area (Å²) < 4.78 is 24.4. The molecule has 0 saturated heterocycles. The number of carbonyl (C=O) groups is 2. The molecule has 12 nitrogen and oxygen atoms in total. The van der Waals surface area contributed by atoms with Crippen molar-refractivity contribution >= 4 is 34.2 Å². The summed E-state index contributed by atoms with van der Waals surface area (Å²) in [4.78, 5) is 32.5. The molecule has 1 aliphatic heterocycles. The third-order valence-electron chi connectivity index (χ3n) is 7.10. The Hall–Kier alpha value is -5.65. The van der Waals surface area contributed by atoms with E-state index >= 15 is 0 Å². The molecular weight excluding hydrogens is 566 g/mol. The van der Waals surface area contributed by atoms with Gasteiger partial charge in [-0.25, -0.2) is 4.79 Å². The number of methoxy groups -OCH3 is 1. The molecule has 0 aliphatic carbocycles. The fourth-order valence-corrected chi connectivity index (χ4v) is 5.06. The molecule has 12 heteroatoms. The minimum atomic E-state index is -0.489. The van der Waals surface area contributed by atoms with Gasteiger partial charge in [-0.05, 0) is 55.5 Å². The number of fused-ring (bicyclic) bond motifs is 2. The molecular formula is C32H29N5O7. The molecule has 0 saturated carbocycles. The van der Waals surface area contributed by atoms with Gasteiger partial charge in [-0.1, -0.05) is 28.6 Å². The molecule has 0 spiro atoms. The Morgan fingerprint density at radius 1 is 1.00 bits per heavy atom. The third kappa shape index (κ3) is 5.44. The lowest BCUT2D eigenvalue weighted by Crippen LogP contribution is -2.33. The minimum Gasteiger partial charge on any atom is -0.497 e. The first-order valence-electron chi connectivity index (χ1n) is 13.9. The maximum Gasteiger partial charge on any atom is 0.342 e. The number of amides is 1. The van der Waals surface area contributed by atoms with Crippen molar-refractivity contribution in [3.8, 4) is 22.8 Å². The monoisotopic (exact) mass is 595 g/mol. The number of nitrogens with zero attached hydrogens (tertiary/aromatic N) is 5. The van der Waals surface area contributed by atoms with Gasteiger partial charge in [0.15, 0.2) is 5.71 Å².